The third-order valence-corrected chi connectivity index (χ3v) is 7.82. The maximum absolute atomic E-state index is 14.8. The van der Waals surface area contributed by atoms with Gasteiger partial charge in [-0.05, 0) is 61.2 Å². The highest BCUT2D eigenvalue weighted by atomic mass is 16.6. The number of benzene rings is 4. The number of nitrogens with zero attached hydrogens (tertiary/aromatic N) is 2. The molecule has 0 unspecified atom stereocenters. The van der Waals surface area contributed by atoms with Crippen LogP contribution in [0.3, 0.4) is 0 Å². The van der Waals surface area contributed by atoms with Crippen LogP contribution in [0.1, 0.15) is 38.3 Å². The van der Waals surface area contributed by atoms with E-state index in [1.54, 1.807) is 75.4 Å². The van der Waals surface area contributed by atoms with Crippen molar-refractivity contribution < 1.29 is 23.9 Å². The Morgan fingerprint density at radius 3 is 1.98 bits per heavy atom. The maximum Gasteiger partial charge on any atom is 0.421 e. The number of imide groups is 2. The summed E-state index contributed by atoms with van der Waals surface area (Å²) in [6, 6.07) is 32.9. The van der Waals surface area contributed by atoms with Crippen LogP contribution < -0.4 is 9.80 Å². The van der Waals surface area contributed by atoms with Gasteiger partial charge in [0.15, 0.2) is 0 Å². The Bertz CT molecular complexity index is 1690. The Labute approximate surface area is 244 Å². The molecule has 6 rings (SSSR count). The lowest BCUT2D eigenvalue weighted by Crippen LogP contribution is -2.51. The fourth-order valence-corrected chi connectivity index (χ4v) is 6.08. The Hall–Kier alpha value is -5.04. The molecule has 4 amide bonds. The molecule has 1 saturated heterocycles. The Kier molecular flexibility index (Phi) is 6.53. The second kappa shape index (κ2) is 10.1. The van der Waals surface area contributed by atoms with Crippen LogP contribution in [0.4, 0.5) is 16.2 Å². The summed E-state index contributed by atoms with van der Waals surface area (Å²) >= 11 is 0. The summed E-state index contributed by atoms with van der Waals surface area (Å²) in [4.78, 5) is 58.2. The Morgan fingerprint density at radius 2 is 1.33 bits per heavy atom. The van der Waals surface area contributed by atoms with Gasteiger partial charge >= 0.3 is 6.09 Å². The molecule has 0 radical (unpaired) electrons. The summed E-state index contributed by atoms with van der Waals surface area (Å²) in [5.74, 6) is -2.61. The summed E-state index contributed by atoms with van der Waals surface area (Å²) < 4.78 is 5.66. The molecule has 2 atom stereocenters. The zero-order valence-corrected chi connectivity index (χ0v) is 23.6. The number of carbonyl (C=O) groups excluding carboxylic acids is 4. The van der Waals surface area contributed by atoms with Gasteiger partial charge in [0.05, 0.1) is 17.3 Å². The Morgan fingerprint density at radius 1 is 0.762 bits per heavy atom. The smallest absolute Gasteiger partial charge is 0.421 e. The molecule has 0 saturated carbocycles. The van der Waals surface area contributed by atoms with Crippen molar-refractivity contribution in [3.8, 4) is 11.1 Å². The predicted molar refractivity (Wildman–Crippen MR) is 160 cm³/mol. The summed E-state index contributed by atoms with van der Waals surface area (Å²) in [5, 5.41) is 0. The van der Waals surface area contributed by atoms with Gasteiger partial charge in [-0.2, -0.15) is 0 Å². The van der Waals surface area contributed by atoms with Crippen LogP contribution in [-0.4, -0.2) is 29.4 Å². The zero-order chi connectivity index (χ0) is 29.6. The van der Waals surface area contributed by atoms with E-state index >= 15 is 0 Å². The quantitative estimate of drug-likeness (QED) is 0.267. The van der Waals surface area contributed by atoms with E-state index in [0.717, 1.165) is 20.9 Å². The molecule has 0 N–H and O–H groups in total. The van der Waals surface area contributed by atoms with Crippen molar-refractivity contribution in [2.24, 2.45) is 5.92 Å². The molecule has 0 aliphatic carbocycles. The molecule has 0 aromatic heterocycles. The van der Waals surface area contributed by atoms with Crippen molar-refractivity contribution in [1.29, 1.82) is 0 Å². The average molecular weight is 559 g/mol. The van der Waals surface area contributed by atoms with Crippen LogP contribution in [0.5, 0.6) is 0 Å². The summed E-state index contributed by atoms with van der Waals surface area (Å²) in [7, 11) is 0. The van der Waals surface area contributed by atoms with Crippen LogP contribution in [-0.2, 0) is 24.5 Å². The first-order chi connectivity index (χ1) is 20.1. The average Bonchev–Trinajstić information content (AvgIpc) is 3.42. The first kappa shape index (κ1) is 27.1. The van der Waals surface area contributed by atoms with Crippen LogP contribution in [0.2, 0.25) is 0 Å². The van der Waals surface area contributed by atoms with Crippen LogP contribution in [0, 0.1) is 5.92 Å². The number of hydrogen-bond acceptors (Lipinski definition) is 5. The minimum Gasteiger partial charge on any atom is -0.443 e. The van der Waals surface area contributed by atoms with E-state index in [2.05, 4.69) is 0 Å². The number of amides is 4. The first-order valence-corrected chi connectivity index (χ1v) is 13.9. The third kappa shape index (κ3) is 4.29. The molecule has 0 bridgehead atoms. The Balaban J connectivity index is 1.55. The summed E-state index contributed by atoms with van der Waals surface area (Å²) in [6.45, 7) is 5.18. The highest BCUT2D eigenvalue weighted by Gasteiger charge is 2.64. The van der Waals surface area contributed by atoms with Crippen molar-refractivity contribution >= 4 is 35.2 Å². The fraction of sp³-hybridized carbons (Fsp3) is 0.200. The monoisotopic (exact) mass is 558 g/mol. The standard InChI is InChI=1S/C35H30N2O5/c1-34(2,3)42-33(41)37-29-17-11-10-16-27(29)35(32(37)40,25-20-18-24(19-21-25)23-12-6-4-7-13-23)28-22-30(38)36(31(28)39)26-14-8-5-9-15-26/h4-21,28H,22H2,1-3H3/t28-,35-/m1/s1. The maximum atomic E-state index is 14.8. The van der Waals surface area contributed by atoms with Gasteiger partial charge in [0.2, 0.25) is 11.8 Å². The molecule has 210 valence electrons. The molecule has 42 heavy (non-hydrogen) atoms. The van der Waals surface area contributed by atoms with E-state index in [-0.39, 0.29) is 6.42 Å². The van der Waals surface area contributed by atoms with Crippen molar-refractivity contribution in [3.63, 3.8) is 0 Å². The minimum atomic E-state index is -1.64. The van der Waals surface area contributed by atoms with Gasteiger partial charge in [0.1, 0.15) is 11.0 Å². The number of rotatable bonds is 4. The second-order valence-corrected chi connectivity index (χ2v) is 11.5. The number of hydrogen-bond donors (Lipinski definition) is 0. The van der Waals surface area contributed by atoms with Crippen molar-refractivity contribution in [3.05, 3.63) is 120 Å². The van der Waals surface area contributed by atoms with E-state index in [9.17, 15) is 19.2 Å². The molecular weight excluding hydrogens is 528 g/mol. The highest BCUT2D eigenvalue weighted by molar-refractivity contribution is 6.28. The molecular formula is C35H30N2O5. The molecule has 7 nitrogen and oxygen atoms in total. The van der Waals surface area contributed by atoms with Gasteiger partial charge in [-0.15, -0.1) is 0 Å². The first-order valence-electron chi connectivity index (χ1n) is 13.9. The number of fused-ring (bicyclic) bond motifs is 1. The van der Waals surface area contributed by atoms with Crippen molar-refractivity contribution in [1.82, 2.24) is 0 Å². The lowest BCUT2D eigenvalue weighted by Gasteiger charge is -2.34. The van der Waals surface area contributed by atoms with E-state index < -0.39 is 40.7 Å². The lowest BCUT2D eigenvalue weighted by molar-refractivity contribution is -0.130. The fourth-order valence-electron chi connectivity index (χ4n) is 6.08. The normalized spacial score (nSPS) is 20.2. The van der Waals surface area contributed by atoms with E-state index in [1.807, 2.05) is 54.6 Å². The minimum absolute atomic E-state index is 0.198. The summed E-state index contributed by atoms with van der Waals surface area (Å²) in [6.07, 6.45) is -1.03. The van der Waals surface area contributed by atoms with Crippen molar-refractivity contribution in [2.75, 3.05) is 9.80 Å². The van der Waals surface area contributed by atoms with Crippen molar-refractivity contribution in [2.45, 2.75) is 38.2 Å². The van der Waals surface area contributed by atoms with Gasteiger partial charge < -0.3 is 4.74 Å². The third-order valence-electron chi connectivity index (χ3n) is 7.82. The molecule has 2 aliphatic rings. The largest absolute Gasteiger partial charge is 0.443 e. The molecule has 2 heterocycles. The number of anilines is 2. The number of ether oxygens (including phenoxy) is 1. The van der Waals surface area contributed by atoms with Crippen LogP contribution in [0.15, 0.2) is 109 Å². The van der Waals surface area contributed by atoms with Gasteiger partial charge in [0.25, 0.3) is 5.91 Å². The number of carbonyl (C=O) groups is 4. The molecule has 7 heteroatoms. The highest BCUT2D eigenvalue weighted by Crippen LogP contribution is 2.54. The van der Waals surface area contributed by atoms with Gasteiger partial charge in [-0.3, -0.25) is 19.3 Å². The zero-order valence-electron chi connectivity index (χ0n) is 23.6. The molecule has 0 spiro atoms. The van der Waals surface area contributed by atoms with E-state index in [4.69, 9.17) is 4.74 Å². The van der Waals surface area contributed by atoms with Gasteiger partial charge in [-0.25, -0.2) is 9.69 Å². The predicted octanol–water partition coefficient (Wildman–Crippen LogP) is 6.50. The van der Waals surface area contributed by atoms with Crippen LogP contribution in [0.25, 0.3) is 11.1 Å². The second-order valence-electron chi connectivity index (χ2n) is 11.5. The molecule has 1 fully saturated rings. The van der Waals surface area contributed by atoms with E-state index in [0.29, 0.717) is 22.5 Å². The lowest BCUT2D eigenvalue weighted by atomic mass is 9.65. The van der Waals surface area contributed by atoms with E-state index in [1.165, 1.54) is 0 Å². The molecule has 4 aromatic rings. The van der Waals surface area contributed by atoms with Gasteiger partial charge in [0, 0.05) is 6.42 Å². The van der Waals surface area contributed by atoms with Crippen LogP contribution >= 0.6 is 0 Å². The topological polar surface area (TPSA) is 84.0 Å². The molecule has 2 aliphatic heterocycles. The van der Waals surface area contributed by atoms with Gasteiger partial charge in [-0.1, -0.05) is 91.0 Å². The number of para-hydroxylation sites is 2. The molecule has 4 aromatic carbocycles. The SMILES string of the molecule is CC(C)(C)OC(=O)N1C(=O)[C@@](c2ccc(-c3ccccc3)cc2)([C@@H]2CC(=O)N(c3ccccc3)C2=O)c2ccccc21. The summed E-state index contributed by atoms with van der Waals surface area (Å²) in [5.41, 5.74) is 1.19.